The number of carbonyl (C=O) groups is 1. The molecule has 3 unspecified atom stereocenters. The van der Waals surface area contributed by atoms with Gasteiger partial charge in [-0.05, 0) is 86.2 Å². The Bertz CT molecular complexity index is 1030. The quantitative estimate of drug-likeness (QED) is 0.529. The van der Waals surface area contributed by atoms with E-state index in [1.165, 1.54) is 38.8 Å². The fourth-order valence-electron chi connectivity index (χ4n) is 6.40. The maximum atomic E-state index is 13.1. The molecule has 2 aromatic rings. The predicted octanol–water partition coefficient (Wildman–Crippen LogP) is 4.67. The molecule has 3 N–H and O–H groups in total. The average molecular weight is 463 g/mol. The number of nitrogens with zero attached hydrogens (tertiary/aromatic N) is 3. The summed E-state index contributed by atoms with van der Waals surface area (Å²) in [6.45, 7) is 11.5. The van der Waals surface area contributed by atoms with Crippen LogP contribution in [0.2, 0.25) is 0 Å². The summed E-state index contributed by atoms with van der Waals surface area (Å²) in [5.41, 5.74) is 2.76. The number of benzene rings is 1. The van der Waals surface area contributed by atoms with Crippen LogP contribution in [0.5, 0.6) is 0 Å². The lowest BCUT2D eigenvalue weighted by atomic mass is 9.69. The molecule has 2 heterocycles. The molecule has 0 radical (unpaired) electrons. The van der Waals surface area contributed by atoms with Gasteiger partial charge < -0.3 is 20.9 Å². The van der Waals surface area contributed by atoms with E-state index in [1.54, 1.807) is 12.3 Å². The summed E-state index contributed by atoms with van der Waals surface area (Å²) in [7, 11) is 0. The normalized spacial score (nSPS) is 27.6. The Morgan fingerprint density at radius 3 is 2.68 bits per heavy atom. The van der Waals surface area contributed by atoms with E-state index in [2.05, 4.69) is 63.7 Å². The van der Waals surface area contributed by atoms with Gasteiger partial charge in [0, 0.05) is 36.7 Å². The fourth-order valence-corrected chi connectivity index (χ4v) is 6.40. The molecule has 1 aromatic heterocycles. The van der Waals surface area contributed by atoms with Gasteiger partial charge in [-0.25, -0.2) is 9.97 Å². The Hall–Kier alpha value is -2.67. The van der Waals surface area contributed by atoms with Crippen molar-refractivity contribution in [2.75, 3.05) is 36.8 Å². The van der Waals surface area contributed by atoms with Gasteiger partial charge in [-0.15, -0.1) is 0 Å². The van der Waals surface area contributed by atoms with Crippen molar-refractivity contribution in [3.63, 3.8) is 0 Å². The molecule has 1 amide bonds. The van der Waals surface area contributed by atoms with Crippen molar-refractivity contribution in [3.05, 3.63) is 42.2 Å². The zero-order chi connectivity index (χ0) is 23.8. The summed E-state index contributed by atoms with van der Waals surface area (Å²) in [6.07, 6.45) is 7.78. The number of likely N-dealkylation sites (tertiary alicyclic amines) is 1. The van der Waals surface area contributed by atoms with Crippen LogP contribution in [0.25, 0.3) is 0 Å². The summed E-state index contributed by atoms with van der Waals surface area (Å²) in [5, 5.41) is 10.1. The van der Waals surface area contributed by atoms with Gasteiger partial charge in [-0.2, -0.15) is 0 Å². The average Bonchev–Trinajstić information content (AvgIpc) is 3.46. The molecule has 0 spiro atoms. The van der Waals surface area contributed by atoms with E-state index in [4.69, 9.17) is 0 Å². The SMILES string of the molecule is CC1(C)C2CCC1(C)C(NC(=O)c1ccnc(Nc3cccc(NCCN4CCCC4)c3)n1)C2. The number of hydrogen-bond acceptors (Lipinski definition) is 6. The molecule has 2 saturated carbocycles. The van der Waals surface area contributed by atoms with E-state index >= 15 is 0 Å². The second-order valence-electron chi connectivity index (χ2n) is 11.1. The van der Waals surface area contributed by atoms with Crippen molar-refractivity contribution in [2.24, 2.45) is 16.7 Å². The van der Waals surface area contributed by atoms with Crippen LogP contribution < -0.4 is 16.0 Å². The molecule has 1 aliphatic heterocycles. The Morgan fingerprint density at radius 1 is 1.15 bits per heavy atom. The van der Waals surface area contributed by atoms with E-state index in [0.717, 1.165) is 30.9 Å². The minimum Gasteiger partial charge on any atom is -0.384 e. The van der Waals surface area contributed by atoms with Crippen LogP contribution in [0.4, 0.5) is 17.3 Å². The molecule has 2 aliphatic carbocycles. The van der Waals surface area contributed by atoms with Crippen LogP contribution in [0.15, 0.2) is 36.5 Å². The topological polar surface area (TPSA) is 82.2 Å². The molecule has 2 bridgehead atoms. The van der Waals surface area contributed by atoms with Gasteiger partial charge in [0.15, 0.2) is 0 Å². The molecule has 34 heavy (non-hydrogen) atoms. The van der Waals surface area contributed by atoms with Crippen LogP contribution >= 0.6 is 0 Å². The Balaban J connectivity index is 1.19. The van der Waals surface area contributed by atoms with Gasteiger partial charge in [-0.3, -0.25) is 4.79 Å². The van der Waals surface area contributed by atoms with Crippen molar-refractivity contribution >= 4 is 23.2 Å². The first-order chi connectivity index (χ1) is 16.3. The summed E-state index contributed by atoms with van der Waals surface area (Å²) in [5.74, 6) is 1.00. The summed E-state index contributed by atoms with van der Waals surface area (Å²) in [6, 6.07) is 10.0. The molecule has 1 saturated heterocycles. The van der Waals surface area contributed by atoms with Gasteiger partial charge in [0.25, 0.3) is 5.91 Å². The maximum Gasteiger partial charge on any atom is 0.270 e. The lowest BCUT2D eigenvalue weighted by Gasteiger charge is -2.39. The van der Waals surface area contributed by atoms with Gasteiger partial charge in [-0.1, -0.05) is 26.8 Å². The first-order valence-corrected chi connectivity index (χ1v) is 12.8. The zero-order valence-electron chi connectivity index (χ0n) is 20.7. The van der Waals surface area contributed by atoms with Crippen molar-refractivity contribution in [3.8, 4) is 0 Å². The van der Waals surface area contributed by atoms with E-state index in [1.807, 2.05) is 12.1 Å². The summed E-state index contributed by atoms with van der Waals surface area (Å²) in [4.78, 5) is 24.4. The van der Waals surface area contributed by atoms with Gasteiger partial charge in [0.2, 0.25) is 5.95 Å². The smallest absolute Gasteiger partial charge is 0.270 e. The number of rotatable bonds is 8. The molecule has 1 aromatic carbocycles. The van der Waals surface area contributed by atoms with Crippen LogP contribution in [0.1, 0.15) is 63.4 Å². The minimum atomic E-state index is -0.114. The molecule has 3 atom stereocenters. The highest BCUT2D eigenvalue weighted by atomic mass is 16.2. The largest absolute Gasteiger partial charge is 0.384 e. The Labute approximate surface area is 203 Å². The molecule has 7 nitrogen and oxygen atoms in total. The molecule has 3 fully saturated rings. The molecule has 7 heteroatoms. The second kappa shape index (κ2) is 9.17. The number of anilines is 3. The van der Waals surface area contributed by atoms with Crippen molar-refractivity contribution in [1.29, 1.82) is 0 Å². The highest BCUT2D eigenvalue weighted by Gasteiger charge is 2.61. The lowest BCUT2D eigenvalue weighted by molar-refractivity contribution is 0.0821. The van der Waals surface area contributed by atoms with Crippen molar-refractivity contribution in [2.45, 2.75) is 58.9 Å². The molecule has 5 rings (SSSR count). The van der Waals surface area contributed by atoms with Gasteiger partial charge >= 0.3 is 0 Å². The van der Waals surface area contributed by atoms with Crippen LogP contribution in [0, 0.1) is 16.7 Å². The molecular weight excluding hydrogens is 424 g/mol. The molecule has 3 aliphatic rings. The highest BCUT2D eigenvalue weighted by Crippen LogP contribution is 2.65. The van der Waals surface area contributed by atoms with E-state index in [0.29, 0.717) is 17.6 Å². The monoisotopic (exact) mass is 462 g/mol. The summed E-state index contributed by atoms with van der Waals surface area (Å²) < 4.78 is 0. The van der Waals surface area contributed by atoms with Crippen LogP contribution in [-0.4, -0.2) is 53.0 Å². The van der Waals surface area contributed by atoms with Crippen LogP contribution in [0.3, 0.4) is 0 Å². The third-order valence-corrected chi connectivity index (χ3v) is 9.06. The maximum absolute atomic E-state index is 13.1. The Morgan fingerprint density at radius 2 is 1.94 bits per heavy atom. The number of hydrogen-bond donors (Lipinski definition) is 3. The number of carbonyl (C=O) groups excluding carboxylic acids is 1. The van der Waals surface area contributed by atoms with Gasteiger partial charge in [0.1, 0.15) is 5.69 Å². The van der Waals surface area contributed by atoms with Crippen molar-refractivity contribution < 1.29 is 4.79 Å². The van der Waals surface area contributed by atoms with Gasteiger partial charge in [0.05, 0.1) is 0 Å². The third-order valence-electron chi connectivity index (χ3n) is 9.06. The number of nitrogens with one attached hydrogen (secondary N) is 3. The zero-order valence-corrected chi connectivity index (χ0v) is 20.7. The number of amides is 1. The van der Waals surface area contributed by atoms with Crippen molar-refractivity contribution in [1.82, 2.24) is 20.2 Å². The highest BCUT2D eigenvalue weighted by molar-refractivity contribution is 5.92. The molecular formula is C27H38N6O. The Kier molecular flexibility index (Phi) is 6.23. The van der Waals surface area contributed by atoms with E-state index in [9.17, 15) is 4.79 Å². The first-order valence-electron chi connectivity index (χ1n) is 12.8. The standard InChI is InChI=1S/C27H38N6O/c1-26(2)19-9-11-27(26,3)23(17-19)32-24(34)22-10-12-29-25(31-22)30-21-8-6-7-20(18-21)28-13-16-33-14-4-5-15-33/h6-8,10,12,18-19,23,28H,4-5,9,11,13-17H2,1-3H3,(H,32,34)(H,29,30,31). The van der Waals surface area contributed by atoms with Crippen LogP contribution in [-0.2, 0) is 0 Å². The fraction of sp³-hybridized carbons (Fsp3) is 0.593. The minimum absolute atomic E-state index is 0.114. The second-order valence-corrected chi connectivity index (χ2v) is 11.1. The first kappa shape index (κ1) is 23.1. The van der Waals surface area contributed by atoms with E-state index in [-0.39, 0.29) is 22.8 Å². The molecule has 182 valence electrons. The number of aromatic nitrogens is 2. The summed E-state index contributed by atoms with van der Waals surface area (Å²) >= 11 is 0. The third kappa shape index (κ3) is 4.38. The van der Waals surface area contributed by atoms with E-state index < -0.39 is 0 Å². The lowest BCUT2D eigenvalue weighted by Crippen LogP contribution is -2.47. The predicted molar refractivity (Wildman–Crippen MR) is 136 cm³/mol. The number of fused-ring (bicyclic) bond motifs is 2.